The highest BCUT2D eigenvalue weighted by Gasteiger charge is 2.30. The van der Waals surface area contributed by atoms with Gasteiger partial charge in [-0.2, -0.15) is 0 Å². The topological polar surface area (TPSA) is 17.1 Å². The normalized spacial score (nSPS) is 23.4. The SMILES string of the molecule is O=C1CC[C@@H]1c1ccc(Br)s1. The smallest absolute Gasteiger partial charge is 0.141 e. The number of Topliss-reactive ketones (excluding diaryl/α,β-unsaturated/α-hetero) is 1. The fourth-order valence-corrected chi connectivity index (χ4v) is 2.80. The van der Waals surface area contributed by atoms with Crippen molar-refractivity contribution in [2.75, 3.05) is 0 Å². The zero-order valence-electron chi connectivity index (χ0n) is 5.84. The molecule has 0 N–H and O–H groups in total. The van der Waals surface area contributed by atoms with Gasteiger partial charge in [-0.15, -0.1) is 11.3 Å². The largest absolute Gasteiger partial charge is 0.299 e. The number of thiophene rings is 1. The van der Waals surface area contributed by atoms with Crippen LogP contribution in [0.4, 0.5) is 0 Å². The van der Waals surface area contributed by atoms with Crippen LogP contribution in [0.25, 0.3) is 0 Å². The number of halogens is 1. The Balaban J connectivity index is 2.23. The lowest BCUT2D eigenvalue weighted by atomic mass is 9.83. The van der Waals surface area contributed by atoms with Crippen molar-refractivity contribution in [3.8, 4) is 0 Å². The Morgan fingerprint density at radius 1 is 1.55 bits per heavy atom. The summed E-state index contributed by atoms with van der Waals surface area (Å²) in [4.78, 5) is 12.2. The van der Waals surface area contributed by atoms with Crippen molar-refractivity contribution < 1.29 is 4.79 Å². The molecule has 0 spiro atoms. The van der Waals surface area contributed by atoms with Gasteiger partial charge in [-0.1, -0.05) is 0 Å². The van der Waals surface area contributed by atoms with Crippen LogP contribution in [0, 0.1) is 0 Å². The van der Waals surface area contributed by atoms with E-state index in [1.165, 1.54) is 4.88 Å². The molecule has 1 fully saturated rings. The van der Waals surface area contributed by atoms with Crippen molar-refractivity contribution in [3.05, 3.63) is 20.8 Å². The van der Waals surface area contributed by atoms with E-state index in [9.17, 15) is 4.79 Å². The molecule has 1 atom stereocenters. The van der Waals surface area contributed by atoms with E-state index in [0.29, 0.717) is 5.78 Å². The molecule has 11 heavy (non-hydrogen) atoms. The Hall–Kier alpha value is -0.150. The molecule has 0 amide bonds. The lowest BCUT2D eigenvalue weighted by molar-refractivity contribution is -0.125. The minimum Gasteiger partial charge on any atom is -0.299 e. The molecular formula is C8H7BrOS. The van der Waals surface area contributed by atoms with E-state index in [0.717, 1.165) is 16.6 Å². The highest BCUT2D eigenvalue weighted by Crippen LogP contribution is 2.38. The monoisotopic (exact) mass is 230 g/mol. The van der Waals surface area contributed by atoms with Crippen LogP contribution < -0.4 is 0 Å². The van der Waals surface area contributed by atoms with Gasteiger partial charge < -0.3 is 0 Å². The van der Waals surface area contributed by atoms with Crippen LogP contribution in [0.3, 0.4) is 0 Å². The van der Waals surface area contributed by atoms with E-state index in [4.69, 9.17) is 0 Å². The van der Waals surface area contributed by atoms with Crippen molar-refractivity contribution in [2.45, 2.75) is 18.8 Å². The molecule has 1 saturated carbocycles. The van der Waals surface area contributed by atoms with Crippen molar-refractivity contribution in [1.82, 2.24) is 0 Å². The average Bonchev–Trinajstić information content (AvgIpc) is 2.33. The molecule has 0 aromatic carbocycles. The Morgan fingerprint density at radius 3 is 2.73 bits per heavy atom. The summed E-state index contributed by atoms with van der Waals surface area (Å²) in [6.07, 6.45) is 1.83. The molecular weight excluding hydrogens is 224 g/mol. The zero-order chi connectivity index (χ0) is 7.84. The van der Waals surface area contributed by atoms with Gasteiger partial charge in [-0.05, 0) is 34.5 Å². The van der Waals surface area contributed by atoms with Gasteiger partial charge in [-0.25, -0.2) is 0 Å². The quantitative estimate of drug-likeness (QED) is 0.726. The van der Waals surface area contributed by atoms with Gasteiger partial charge in [0.25, 0.3) is 0 Å². The number of carbonyl (C=O) groups is 1. The van der Waals surface area contributed by atoms with Crippen molar-refractivity contribution in [1.29, 1.82) is 0 Å². The van der Waals surface area contributed by atoms with Gasteiger partial charge in [0.15, 0.2) is 0 Å². The molecule has 3 heteroatoms. The van der Waals surface area contributed by atoms with Crippen molar-refractivity contribution in [2.24, 2.45) is 0 Å². The standard InChI is InChI=1S/C8H7BrOS/c9-8-4-3-7(11-8)5-1-2-6(5)10/h3-5H,1-2H2/t5-/m0/s1. The van der Waals surface area contributed by atoms with Crippen LogP contribution in [-0.2, 0) is 4.79 Å². The van der Waals surface area contributed by atoms with Crippen LogP contribution in [0.1, 0.15) is 23.6 Å². The Kier molecular flexibility index (Phi) is 1.85. The van der Waals surface area contributed by atoms with Crippen LogP contribution in [0.5, 0.6) is 0 Å². The molecule has 0 radical (unpaired) electrons. The summed E-state index contributed by atoms with van der Waals surface area (Å²) in [5.41, 5.74) is 0. The lowest BCUT2D eigenvalue weighted by Gasteiger charge is -2.21. The van der Waals surface area contributed by atoms with Gasteiger partial charge >= 0.3 is 0 Å². The van der Waals surface area contributed by atoms with Crippen molar-refractivity contribution >= 4 is 33.0 Å². The molecule has 1 aliphatic carbocycles. The third-order valence-electron chi connectivity index (χ3n) is 2.01. The van der Waals surface area contributed by atoms with Gasteiger partial charge in [0.05, 0.1) is 9.70 Å². The number of rotatable bonds is 1. The summed E-state index contributed by atoms with van der Waals surface area (Å²) >= 11 is 5.05. The van der Waals surface area contributed by atoms with Crippen LogP contribution >= 0.6 is 27.3 Å². The maximum Gasteiger partial charge on any atom is 0.141 e. The third kappa shape index (κ3) is 1.27. The van der Waals surface area contributed by atoms with E-state index in [2.05, 4.69) is 15.9 Å². The van der Waals surface area contributed by atoms with E-state index in [-0.39, 0.29) is 5.92 Å². The predicted molar refractivity (Wildman–Crippen MR) is 49.0 cm³/mol. The Morgan fingerprint density at radius 2 is 2.36 bits per heavy atom. The fraction of sp³-hybridized carbons (Fsp3) is 0.375. The summed E-state index contributed by atoms with van der Waals surface area (Å²) in [5.74, 6) is 0.630. The molecule has 0 saturated heterocycles. The summed E-state index contributed by atoms with van der Waals surface area (Å²) in [6.45, 7) is 0. The molecule has 0 aliphatic heterocycles. The van der Waals surface area contributed by atoms with E-state index >= 15 is 0 Å². The molecule has 0 unspecified atom stereocenters. The first-order valence-corrected chi connectivity index (χ1v) is 5.16. The van der Waals surface area contributed by atoms with Crippen LogP contribution in [-0.4, -0.2) is 5.78 Å². The van der Waals surface area contributed by atoms with Gasteiger partial charge in [0.1, 0.15) is 5.78 Å². The minimum absolute atomic E-state index is 0.228. The first kappa shape index (κ1) is 7.50. The lowest BCUT2D eigenvalue weighted by Crippen LogP contribution is -2.21. The number of hydrogen-bond donors (Lipinski definition) is 0. The molecule has 0 bridgehead atoms. The van der Waals surface area contributed by atoms with Crippen molar-refractivity contribution in [3.63, 3.8) is 0 Å². The van der Waals surface area contributed by atoms with E-state index < -0.39 is 0 Å². The average molecular weight is 231 g/mol. The van der Waals surface area contributed by atoms with E-state index in [1.807, 2.05) is 12.1 Å². The Bertz CT molecular complexity index is 292. The Labute approximate surface area is 77.6 Å². The summed E-state index contributed by atoms with van der Waals surface area (Å²) in [6, 6.07) is 4.04. The van der Waals surface area contributed by atoms with E-state index in [1.54, 1.807) is 11.3 Å². The summed E-state index contributed by atoms with van der Waals surface area (Å²) in [7, 11) is 0. The number of carbonyl (C=O) groups excluding carboxylic acids is 1. The number of ketones is 1. The second-order valence-corrected chi connectivity index (χ2v) is 5.19. The maximum atomic E-state index is 11.0. The molecule has 1 heterocycles. The first-order valence-electron chi connectivity index (χ1n) is 3.55. The summed E-state index contributed by atoms with van der Waals surface area (Å²) in [5, 5.41) is 0. The summed E-state index contributed by atoms with van der Waals surface area (Å²) < 4.78 is 1.12. The van der Waals surface area contributed by atoms with Gasteiger partial charge in [0.2, 0.25) is 0 Å². The third-order valence-corrected chi connectivity index (χ3v) is 3.74. The molecule has 1 aliphatic rings. The second kappa shape index (κ2) is 2.72. The maximum absolute atomic E-state index is 11.0. The fourth-order valence-electron chi connectivity index (χ4n) is 1.22. The highest BCUT2D eigenvalue weighted by molar-refractivity contribution is 9.11. The van der Waals surface area contributed by atoms with Gasteiger partial charge in [-0.3, -0.25) is 4.79 Å². The first-order chi connectivity index (χ1) is 5.27. The molecule has 2 rings (SSSR count). The molecule has 1 nitrogen and oxygen atoms in total. The molecule has 1 aromatic heterocycles. The minimum atomic E-state index is 0.228. The number of hydrogen-bond acceptors (Lipinski definition) is 2. The molecule has 1 aromatic rings. The van der Waals surface area contributed by atoms with Gasteiger partial charge in [0, 0.05) is 11.3 Å². The van der Waals surface area contributed by atoms with Crippen LogP contribution in [0.2, 0.25) is 0 Å². The molecule has 58 valence electrons. The highest BCUT2D eigenvalue weighted by atomic mass is 79.9. The second-order valence-electron chi connectivity index (χ2n) is 2.70. The predicted octanol–water partition coefficient (Wildman–Crippen LogP) is 2.96. The zero-order valence-corrected chi connectivity index (χ0v) is 8.24. The van der Waals surface area contributed by atoms with Crippen LogP contribution in [0.15, 0.2) is 15.9 Å².